The maximum Gasteiger partial charge on any atom is 0.534 e. The Balaban J connectivity index is 1.21. The van der Waals surface area contributed by atoms with Gasteiger partial charge in [-0.2, -0.15) is 21.6 Å². The molecule has 2 heterocycles. The monoisotopic (exact) mass is 533 g/mol. The molecule has 1 aliphatic heterocycles. The van der Waals surface area contributed by atoms with Crippen molar-refractivity contribution >= 4 is 16.0 Å². The first kappa shape index (κ1) is 26.6. The molecule has 0 radical (unpaired) electrons. The molecule has 0 unspecified atom stereocenters. The maximum atomic E-state index is 12.6. The Kier molecular flexibility index (Phi) is 8.13. The molecule has 196 valence electrons. The lowest BCUT2D eigenvalue weighted by molar-refractivity contribution is -0.0500. The molecule has 0 spiro atoms. The molecule has 0 atom stereocenters. The van der Waals surface area contributed by atoms with Crippen molar-refractivity contribution in [3.05, 3.63) is 83.7 Å². The predicted octanol–water partition coefficient (Wildman–Crippen LogP) is 4.55. The summed E-state index contributed by atoms with van der Waals surface area (Å²) in [5.74, 6) is -0.496. The lowest BCUT2D eigenvalue weighted by Crippen LogP contribution is -2.32. The van der Waals surface area contributed by atoms with Crippen LogP contribution in [0.1, 0.15) is 34.3 Å². The molecule has 1 amide bonds. The molecule has 11 heteroatoms. The number of unbranched alkanes of at least 4 members (excludes halogenated alkanes) is 1. The summed E-state index contributed by atoms with van der Waals surface area (Å²) in [7, 11) is -5.70. The minimum atomic E-state index is -5.70. The fourth-order valence-electron chi connectivity index (χ4n) is 4.13. The van der Waals surface area contributed by atoms with Gasteiger partial charge in [-0.25, -0.2) is 0 Å². The third kappa shape index (κ3) is 6.86. The van der Waals surface area contributed by atoms with Crippen molar-refractivity contribution in [1.29, 1.82) is 0 Å². The molecule has 3 aromatic rings. The maximum absolute atomic E-state index is 12.6. The smallest absolute Gasteiger partial charge is 0.376 e. The molecule has 1 aliphatic rings. The van der Waals surface area contributed by atoms with Crippen LogP contribution < -0.4 is 9.50 Å². The van der Waals surface area contributed by atoms with Crippen molar-refractivity contribution in [3.8, 4) is 16.9 Å². The quantitative estimate of drug-likeness (QED) is 0.247. The van der Waals surface area contributed by atoms with Gasteiger partial charge in [-0.15, -0.1) is 0 Å². The van der Waals surface area contributed by atoms with E-state index in [-0.39, 0.29) is 11.7 Å². The zero-order chi connectivity index (χ0) is 26.5. The summed E-state index contributed by atoms with van der Waals surface area (Å²) in [6.45, 7) is 2.52. The standard InChI is InChI=1S/C26H26F3N3O4S/c27-26(28,29)37(34,35)36-24-8-7-20-11-16-32(18-23(20)17-24)15-2-1-12-31-25(33)22-5-3-19(4-6-22)21-9-13-30-14-10-21/h3-10,13-14,17H,1-2,11-12,15-16,18H2,(H,31,33). The van der Waals surface area contributed by atoms with E-state index in [9.17, 15) is 26.4 Å². The number of halogens is 3. The van der Waals surface area contributed by atoms with E-state index in [1.807, 2.05) is 24.3 Å². The van der Waals surface area contributed by atoms with Crippen LogP contribution in [0.25, 0.3) is 11.1 Å². The summed E-state index contributed by atoms with van der Waals surface area (Å²) >= 11 is 0. The molecule has 2 aromatic carbocycles. The van der Waals surface area contributed by atoms with Crippen molar-refractivity contribution in [2.75, 3.05) is 19.6 Å². The van der Waals surface area contributed by atoms with Crippen molar-refractivity contribution in [2.24, 2.45) is 0 Å². The van der Waals surface area contributed by atoms with Crippen molar-refractivity contribution < 1.29 is 30.6 Å². The number of hydrogen-bond acceptors (Lipinski definition) is 6. The first-order chi connectivity index (χ1) is 17.6. The van der Waals surface area contributed by atoms with Crippen LogP contribution in [0.5, 0.6) is 5.75 Å². The molecule has 0 bridgehead atoms. The van der Waals surface area contributed by atoms with Crippen LogP contribution in [0.3, 0.4) is 0 Å². The largest absolute Gasteiger partial charge is 0.534 e. The van der Waals surface area contributed by atoms with Crippen LogP contribution in [0.4, 0.5) is 13.2 Å². The third-order valence-electron chi connectivity index (χ3n) is 6.11. The van der Waals surface area contributed by atoms with Crippen LogP contribution >= 0.6 is 0 Å². The normalized spacial score (nSPS) is 14.1. The van der Waals surface area contributed by atoms with Crippen molar-refractivity contribution in [3.63, 3.8) is 0 Å². The number of nitrogens with one attached hydrogen (secondary N) is 1. The minimum Gasteiger partial charge on any atom is -0.376 e. The van der Waals surface area contributed by atoms with E-state index in [4.69, 9.17) is 0 Å². The summed E-state index contributed by atoms with van der Waals surface area (Å²) in [5, 5.41) is 2.92. The van der Waals surface area contributed by atoms with E-state index in [1.54, 1.807) is 30.6 Å². The third-order valence-corrected chi connectivity index (χ3v) is 7.08. The zero-order valence-electron chi connectivity index (χ0n) is 19.9. The molecule has 0 fully saturated rings. The number of carbonyl (C=O) groups is 1. The summed E-state index contributed by atoms with van der Waals surface area (Å²) in [4.78, 5) is 18.6. The highest BCUT2D eigenvalue weighted by Crippen LogP contribution is 2.29. The Morgan fingerprint density at radius 1 is 0.973 bits per heavy atom. The van der Waals surface area contributed by atoms with Gasteiger partial charge in [0.2, 0.25) is 0 Å². The van der Waals surface area contributed by atoms with E-state index in [2.05, 4.69) is 19.4 Å². The van der Waals surface area contributed by atoms with Gasteiger partial charge in [0, 0.05) is 37.6 Å². The van der Waals surface area contributed by atoms with Gasteiger partial charge >= 0.3 is 15.6 Å². The Bertz CT molecular complexity index is 1330. The van der Waals surface area contributed by atoms with Crippen LogP contribution in [-0.4, -0.2) is 49.4 Å². The molecular formula is C26H26F3N3O4S. The second kappa shape index (κ2) is 11.3. The Hall–Kier alpha value is -3.44. The summed E-state index contributed by atoms with van der Waals surface area (Å²) in [5.41, 5.74) is -1.18. The van der Waals surface area contributed by atoms with Gasteiger partial charge in [-0.1, -0.05) is 18.2 Å². The molecular weight excluding hydrogens is 507 g/mol. The molecule has 0 aliphatic carbocycles. The Morgan fingerprint density at radius 2 is 1.68 bits per heavy atom. The SMILES string of the molecule is O=C(NCCCCN1CCc2ccc(OS(=O)(=O)C(F)(F)F)cc2C1)c1ccc(-c2ccncc2)cc1. The molecule has 0 saturated heterocycles. The number of alkyl halides is 3. The number of aromatic nitrogens is 1. The first-order valence-corrected chi connectivity index (χ1v) is 13.2. The van der Waals surface area contributed by atoms with Gasteiger partial charge in [0.05, 0.1) is 0 Å². The fraction of sp³-hybridized carbons (Fsp3) is 0.308. The van der Waals surface area contributed by atoms with Crippen LogP contribution in [0.2, 0.25) is 0 Å². The topological polar surface area (TPSA) is 88.6 Å². The van der Waals surface area contributed by atoms with E-state index < -0.39 is 15.6 Å². The zero-order valence-corrected chi connectivity index (χ0v) is 20.7. The van der Waals surface area contributed by atoms with E-state index in [0.717, 1.165) is 48.2 Å². The Labute approximate surface area is 213 Å². The van der Waals surface area contributed by atoms with E-state index in [0.29, 0.717) is 25.1 Å². The van der Waals surface area contributed by atoms with Crippen LogP contribution in [0, 0.1) is 0 Å². The Morgan fingerprint density at radius 3 is 2.38 bits per heavy atom. The predicted molar refractivity (Wildman–Crippen MR) is 132 cm³/mol. The molecule has 0 saturated carbocycles. The number of pyridine rings is 1. The van der Waals surface area contributed by atoms with Crippen molar-refractivity contribution in [2.45, 2.75) is 31.3 Å². The molecule has 7 nitrogen and oxygen atoms in total. The average molecular weight is 534 g/mol. The van der Waals surface area contributed by atoms with E-state index >= 15 is 0 Å². The molecule has 37 heavy (non-hydrogen) atoms. The highest BCUT2D eigenvalue weighted by Gasteiger charge is 2.48. The lowest BCUT2D eigenvalue weighted by atomic mass is 9.99. The first-order valence-electron chi connectivity index (χ1n) is 11.8. The second-order valence-corrected chi connectivity index (χ2v) is 10.3. The fourth-order valence-corrected chi connectivity index (χ4v) is 4.58. The average Bonchev–Trinajstić information content (AvgIpc) is 2.88. The summed E-state index contributed by atoms with van der Waals surface area (Å²) < 4.78 is 64.6. The van der Waals surface area contributed by atoms with Crippen molar-refractivity contribution in [1.82, 2.24) is 15.2 Å². The number of nitrogens with zero attached hydrogens (tertiary/aromatic N) is 2. The number of rotatable bonds is 9. The molecule has 4 rings (SSSR count). The van der Waals surface area contributed by atoms with Gasteiger partial charge in [-0.3, -0.25) is 14.7 Å². The van der Waals surface area contributed by atoms with Crippen LogP contribution in [-0.2, 0) is 23.1 Å². The number of benzene rings is 2. The number of fused-ring (bicyclic) bond motifs is 1. The number of carbonyl (C=O) groups excluding carboxylic acids is 1. The highest BCUT2D eigenvalue weighted by molar-refractivity contribution is 7.88. The number of hydrogen-bond donors (Lipinski definition) is 1. The molecule has 1 N–H and O–H groups in total. The van der Waals surface area contributed by atoms with Gasteiger partial charge < -0.3 is 9.50 Å². The van der Waals surface area contributed by atoms with Gasteiger partial charge in [0.15, 0.2) is 0 Å². The van der Waals surface area contributed by atoms with Gasteiger partial charge in [0.25, 0.3) is 5.91 Å². The summed E-state index contributed by atoms with van der Waals surface area (Å²) in [6, 6.07) is 15.4. The van der Waals surface area contributed by atoms with Gasteiger partial charge in [0.1, 0.15) is 5.75 Å². The van der Waals surface area contributed by atoms with E-state index in [1.165, 1.54) is 12.1 Å². The van der Waals surface area contributed by atoms with Gasteiger partial charge in [-0.05, 0) is 84.5 Å². The minimum absolute atomic E-state index is 0.144. The highest BCUT2D eigenvalue weighted by atomic mass is 32.2. The number of amides is 1. The lowest BCUT2D eigenvalue weighted by Gasteiger charge is -2.29. The van der Waals surface area contributed by atoms with Crippen LogP contribution in [0.15, 0.2) is 67.0 Å². The second-order valence-electron chi connectivity index (χ2n) is 8.72. The summed E-state index contributed by atoms with van der Waals surface area (Å²) in [6.07, 6.45) is 5.71. The molecule has 1 aromatic heterocycles.